The number of nitrogens with zero attached hydrogens (tertiary/aromatic N) is 1. The van der Waals surface area contributed by atoms with Crippen LogP contribution in [0.5, 0.6) is 0 Å². The third-order valence-corrected chi connectivity index (χ3v) is 3.69. The first-order valence-electron chi connectivity index (χ1n) is 7.19. The number of amides is 1. The molecular weight excluding hydrogens is 266 g/mol. The molecule has 0 fully saturated rings. The molecule has 2 N–H and O–H groups in total. The maximum absolute atomic E-state index is 12.2. The molecule has 0 unspecified atom stereocenters. The number of nitrogens with one attached hydrogen (secondary N) is 2. The maximum Gasteiger partial charge on any atom is 0.251 e. The lowest BCUT2D eigenvalue weighted by atomic mass is 10.1. The summed E-state index contributed by atoms with van der Waals surface area (Å²) in [6, 6.07) is 7.71. The van der Waals surface area contributed by atoms with E-state index in [0.29, 0.717) is 23.8 Å². The van der Waals surface area contributed by atoms with Gasteiger partial charge in [0, 0.05) is 24.7 Å². The van der Waals surface area contributed by atoms with Crippen molar-refractivity contribution in [2.24, 2.45) is 0 Å². The van der Waals surface area contributed by atoms with Crippen molar-refractivity contribution in [1.29, 1.82) is 0 Å². The zero-order valence-corrected chi connectivity index (χ0v) is 12.3. The molecule has 0 spiro atoms. The molecular formula is C16H19N3O2. The smallest absolute Gasteiger partial charge is 0.251 e. The SMILES string of the molecule is CC(C)c1cc(CNC(=O)c2ccc3c(c2)CNC3)on1. The lowest BCUT2D eigenvalue weighted by Crippen LogP contribution is -2.22. The number of hydrogen-bond donors (Lipinski definition) is 2. The summed E-state index contributed by atoms with van der Waals surface area (Å²) in [4.78, 5) is 12.2. The minimum absolute atomic E-state index is 0.0906. The van der Waals surface area contributed by atoms with Crippen LogP contribution >= 0.6 is 0 Å². The van der Waals surface area contributed by atoms with E-state index >= 15 is 0 Å². The van der Waals surface area contributed by atoms with Crippen molar-refractivity contribution in [2.75, 3.05) is 0 Å². The number of fused-ring (bicyclic) bond motifs is 1. The van der Waals surface area contributed by atoms with Gasteiger partial charge in [-0.15, -0.1) is 0 Å². The van der Waals surface area contributed by atoms with E-state index in [1.807, 2.05) is 24.3 Å². The highest BCUT2D eigenvalue weighted by atomic mass is 16.5. The third-order valence-electron chi connectivity index (χ3n) is 3.69. The molecule has 1 aromatic carbocycles. The molecule has 3 rings (SSSR count). The molecule has 0 aliphatic carbocycles. The second-order valence-corrected chi connectivity index (χ2v) is 5.64. The minimum atomic E-state index is -0.0906. The molecule has 110 valence electrons. The summed E-state index contributed by atoms with van der Waals surface area (Å²) in [5, 5.41) is 10.1. The fourth-order valence-corrected chi connectivity index (χ4v) is 2.39. The van der Waals surface area contributed by atoms with Crippen LogP contribution in [0.4, 0.5) is 0 Å². The highest BCUT2D eigenvalue weighted by Crippen LogP contribution is 2.17. The second kappa shape index (κ2) is 5.69. The molecule has 5 heteroatoms. The Bertz CT molecular complexity index is 661. The number of carbonyl (C=O) groups is 1. The highest BCUT2D eigenvalue weighted by Gasteiger charge is 2.14. The van der Waals surface area contributed by atoms with Crippen molar-refractivity contribution in [3.05, 3.63) is 52.4 Å². The molecule has 2 heterocycles. The molecule has 1 aromatic heterocycles. The van der Waals surface area contributed by atoms with Crippen LogP contribution < -0.4 is 10.6 Å². The molecule has 1 amide bonds. The Balaban J connectivity index is 1.63. The summed E-state index contributed by atoms with van der Waals surface area (Å²) in [6.07, 6.45) is 0. The van der Waals surface area contributed by atoms with Crippen LogP contribution in [0.2, 0.25) is 0 Å². The predicted octanol–water partition coefficient (Wildman–Crippen LogP) is 2.33. The van der Waals surface area contributed by atoms with E-state index < -0.39 is 0 Å². The van der Waals surface area contributed by atoms with Crippen molar-refractivity contribution in [2.45, 2.75) is 39.4 Å². The molecule has 2 aromatic rings. The topological polar surface area (TPSA) is 67.2 Å². The molecule has 1 aliphatic heterocycles. The van der Waals surface area contributed by atoms with E-state index in [4.69, 9.17) is 4.52 Å². The van der Waals surface area contributed by atoms with E-state index in [1.165, 1.54) is 11.1 Å². The number of aromatic nitrogens is 1. The van der Waals surface area contributed by atoms with Gasteiger partial charge in [-0.1, -0.05) is 25.1 Å². The summed E-state index contributed by atoms with van der Waals surface area (Å²) in [5.74, 6) is 0.907. The molecule has 0 saturated heterocycles. The summed E-state index contributed by atoms with van der Waals surface area (Å²) in [6.45, 7) is 6.18. The quantitative estimate of drug-likeness (QED) is 0.904. The Morgan fingerprint density at radius 1 is 1.33 bits per heavy atom. The number of rotatable bonds is 4. The van der Waals surface area contributed by atoms with Crippen LogP contribution in [0.1, 0.15) is 52.7 Å². The lowest BCUT2D eigenvalue weighted by molar-refractivity contribution is 0.0947. The standard InChI is InChI=1S/C16H19N3O2/c1-10(2)15-6-14(21-19-15)9-18-16(20)11-3-4-12-7-17-8-13(12)5-11/h3-6,10,17H,7-9H2,1-2H3,(H,18,20). The van der Waals surface area contributed by atoms with Crippen molar-refractivity contribution in [1.82, 2.24) is 15.8 Å². The Hall–Kier alpha value is -2.14. The van der Waals surface area contributed by atoms with Gasteiger partial charge in [0.05, 0.1) is 12.2 Å². The molecule has 0 saturated carbocycles. The van der Waals surface area contributed by atoms with Crippen molar-refractivity contribution < 1.29 is 9.32 Å². The van der Waals surface area contributed by atoms with Crippen molar-refractivity contribution >= 4 is 5.91 Å². The molecule has 1 aliphatic rings. The van der Waals surface area contributed by atoms with E-state index in [9.17, 15) is 4.79 Å². The number of hydrogen-bond acceptors (Lipinski definition) is 4. The first-order valence-corrected chi connectivity index (χ1v) is 7.19. The minimum Gasteiger partial charge on any atom is -0.359 e. The van der Waals surface area contributed by atoms with E-state index in [0.717, 1.165) is 18.8 Å². The van der Waals surface area contributed by atoms with Gasteiger partial charge in [0.1, 0.15) is 0 Å². The van der Waals surface area contributed by atoms with Gasteiger partial charge in [-0.2, -0.15) is 0 Å². The second-order valence-electron chi connectivity index (χ2n) is 5.64. The molecule has 0 bridgehead atoms. The Labute approximate surface area is 123 Å². The highest BCUT2D eigenvalue weighted by molar-refractivity contribution is 5.94. The van der Waals surface area contributed by atoms with Crippen LogP contribution in [-0.2, 0) is 19.6 Å². The summed E-state index contributed by atoms with van der Waals surface area (Å²) < 4.78 is 5.21. The van der Waals surface area contributed by atoms with Crippen molar-refractivity contribution in [3.63, 3.8) is 0 Å². The normalized spacial score (nSPS) is 13.5. The Morgan fingerprint density at radius 2 is 2.14 bits per heavy atom. The van der Waals surface area contributed by atoms with Crippen LogP contribution in [-0.4, -0.2) is 11.1 Å². The fourth-order valence-electron chi connectivity index (χ4n) is 2.39. The molecule has 21 heavy (non-hydrogen) atoms. The average molecular weight is 285 g/mol. The van der Waals surface area contributed by atoms with E-state index in [-0.39, 0.29) is 5.91 Å². The Morgan fingerprint density at radius 3 is 2.90 bits per heavy atom. The zero-order valence-electron chi connectivity index (χ0n) is 12.3. The van der Waals surface area contributed by atoms with E-state index in [1.54, 1.807) is 0 Å². The van der Waals surface area contributed by atoms with Gasteiger partial charge < -0.3 is 15.2 Å². The van der Waals surface area contributed by atoms with Crippen LogP contribution in [0.15, 0.2) is 28.8 Å². The largest absolute Gasteiger partial charge is 0.359 e. The van der Waals surface area contributed by atoms with E-state index in [2.05, 4.69) is 29.6 Å². The molecule has 0 atom stereocenters. The van der Waals surface area contributed by atoms with Gasteiger partial charge in [-0.05, 0) is 29.2 Å². The van der Waals surface area contributed by atoms with Crippen LogP contribution in [0.3, 0.4) is 0 Å². The number of benzene rings is 1. The average Bonchev–Trinajstić information content (AvgIpc) is 3.12. The molecule has 0 radical (unpaired) electrons. The predicted molar refractivity (Wildman–Crippen MR) is 78.7 cm³/mol. The van der Waals surface area contributed by atoms with Gasteiger partial charge in [0.2, 0.25) is 0 Å². The first-order chi connectivity index (χ1) is 10.1. The third kappa shape index (κ3) is 2.97. The van der Waals surface area contributed by atoms with Gasteiger partial charge in [0.15, 0.2) is 5.76 Å². The Kier molecular flexibility index (Phi) is 3.75. The summed E-state index contributed by atoms with van der Waals surface area (Å²) >= 11 is 0. The van der Waals surface area contributed by atoms with Gasteiger partial charge in [-0.25, -0.2) is 0 Å². The van der Waals surface area contributed by atoms with Crippen LogP contribution in [0, 0.1) is 0 Å². The van der Waals surface area contributed by atoms with Crippen LogP contribution in [0.25, 0.3) is 0 Å². The monoisotopic (exact) mass is 285 g/mol. The lowest BCUT2D eigenvalue weighted by Gasteiger charge is -2.05. The van der Waals surface area contributed by atoms with Gasteiger partial charge >= 0.3 is 0 Å². The van der Waals surface area contributed by atoms with Gasteiger partial charge in [-0.3, -0.25) is 4.79 Å². The number of carbonyl (C=O) groups excluding carboxylic acids is 1. The van der Waals surface area contributed by atoms with Crippen molar-refractivity contribution in [3.8, 4) is 0 Å². The maximum atomic E-state index is 12.2. The zero-order chi connectivity index (χ0) is 14.8. The van der Waals surface area contributed by atoms with Gasteiger partial charge in [0.25, 0.3) is 5.91 Å². The summed E-state index contributed by atoms with van der Waals surface area (Å²) in [7, 11) is 0. The fraction of sp³-hybridized carbons (Fsp3) is 0.375. The summed E-state index contributed by atoms with van der Waals surface area (Å²) in [5.41, 5.74) is 4.05. The molecule has 5 nitrogen and oxygen atoms in total. The first kappa shape index (κ1) is 13.8.